The van der Waals surface area contributed by atoms with Gasteiger partial charge in [0.25, 0.3) is 0 Å². The van der Waals surface area contributed by atoms with Crippen LogP contribution in [0.5, 0.6) is 0 Å². The van der Waals surface area contributed by atoms with Gasteiger partial charge in [-0.05, 0) is 47.0 Å². The van der Waals surface area contributed by atoms with E-state index in [9.17, 15) is 4.79 Å². The van der Waals surface area contributed by atoms with Gasteiger partial charge >= 0.3 is 6.09 Å². The summed E-state index contributed by atoms with van der Waals surface area (Å²) in [7, 11) is 0. The van der Waals surface area contributed by atoms with Gasteiger partial charge < -0.3 is 15.0 Å². The predicted octanol–water partition coefficient (Wildman–Crippen LogP) is 2.77. The Morgan fingerprint density at radius 2 is 2.17 bits per heavy atom. The molecule has 0 saturated carbocycles. The lowest BCUT2D eigenvalue weighted by atomic mass is 10.2. The summed E-state index contributed by atoms with van der Waals surface area (Å²) in [5.74, 6) is 0. The summed E-state index contributed by atoms with van der Waals surface area (Å²) in [4.78, 5) is 13.9. The van der Waals surface area contributed by atoms with Gasteiger partial charge in [-0.2, -0.15) is 0 Å². The van der Waals surface area contributed by atoms with Gasteiger partial charge in [-0.15, -0.1) is 0 Å². The Balaban J connectivity index is 2.46. The second-order valence-corrected chi connectivity index (χ2v) is 6.19. The third-order valence-corrected chi connectivity index (χ3v) is 3.32. The van der Waals surface area contributed by atoms with E-state index in [2.05, 4.69) is 19.2 Å². The summed E-state index contributed by atoms with van der Waals surface area (Å²) in [6.45, 7) is 11.8. The lowest BCUT2D eigenvalue weighted by Gasteiger charge is -2.29. The SMILES string of the molecule is CCC(C)NCC1CCCN1C(=O)OC(C)(C)C. The average molecular weight is 256 g/mol. The molecule has 4 nitrogen and oxygen atoms in total. The lowest BCUT2D eigenvalue weighted by molar-refractivity contribution is 0.0225. The number of ether oxygens (including phenoxy) is 1. The van der Waals surface area contributed by atoms with Crippen LogP contribution in [0.2, 0.25) is 0 Å². The molecule has 0 aromatic heterocycles. The Hall–Kier alpha value is -0.770. The largest absolute Gasteiger partial charge is 0.444 e. The van der Waals surface area contributed by atoms with Crippen LogP contribution >= 0.6 is 0 Å². The van der Waals surface area contributed by atoms with Gasteiger partial charge in [0, 0.05) is 25.2 Å². The number of amides is 1. The molecule has 1 heterocycles. The molecule has 0 spiro atoms. The van der Waals surface area contributed by atoms with E-state index in [1.54, 1.807) is 0 Å². The molecule has 1 amide bonds. The average Bonchev–Trinajstić information content (AvgIpc) is 2.71. The number of hydrogen-bond acceptors (Lipinski definition) is 3. The first-order chi connectivity index (χ1) is 8.33. The fourth-order valence-corrected chi connectivity index (χ4v) is 2.09. The maximum Gasteiger partial charge on any atom is 0.410 e. The van der Waals surface area contributed by atoms with Crippen LogP contribution in [0.25, 0.3) is 0 Å². The molecule has 0 bridgehead atoms. The van der Waals surface area contributed by atoms with Gasteiger partial charge in [-0.3, -0.25) is 0 Å². The van der Waals surface area contributed by atoms with Crippen molar-refractivity contribution in [3.8, 4) is 0 Å². The molecular weight excluding hydrogens is 228 g/mol. The Morgan fingerprint density at radius 3 is 2.72 bits per heavy atom. The van der Waals surface area contributed by atoms with E-state index in [-0.39, 0.29) is 12.1 Å². The van der Waals surface area contributed by atoms with Gasteiger partial charge in [0.2, 0.25) is 0 Å². The van der Waals surface area contributed by atoms with Crippen molar-refractivity contribution in [2.75, 3.05) is 13.1 Å². The summed E-state index contributed by atoms with van der Waals surface area (Å²) in [5.41, 5.74) is -0.408. The minimum Gasteiger partial charge on any atom is -0.444 e. The molecule has 1 aliphatic rings. The van der Waals surface area contributed by atoms with Crippen molar-refractivity contribution >= 4 is 6.09 Å². The second-order valence-electron chi connectivity index (χ2n) is 6.19. The molecule has 2 atom stereocenters. The fraction of sp³-hybridized carbons (Fsp3) is 0.929. The molecule has 0 aromatic carbocycles. The highest BCUT2D eigenvalue weighted by Crippen LogP contribution is 2.20. The van der Waals surface area contributed by atoms with Crippen LogP contribution in [0, 0.1) is 0 Å². The summed E-state index contributed by atoms with van der Waals surface area (Å²) in [5, 5.41) is 3.47. The van der Waals surface area contributed by atoms with Crippen LogP contribution in [0.15, 0.2) is 0 Å². The quantitative estimate of drug-likeness (QED) is 0.841. The molecule has 0 aliphatic carbocycles. The van der Waals surface area contributed by atoms with E-state index < -0.39 is 5.60 Å². The highest BCUT2D eigenvalue weighted by molar-refractivity contribution is 5.69. The van der Waals surface area contributed by atoms with Crippen molar-refractivity contribution in [2.45, 2.75) is 71.6 Å². The van der Waals surface area contributed by atoms with Crippen LogP contribution in [0.3, 0.4) is 0 Å². The predicted molar refractivity (Wildman–Crippen MR) is 73.7 cm³/mol. The third-order valence-electron chi connectivity index (χ3n) is 3.32. The summed E-state index contributed by atoms with van der Waals surface area (Å²) < 4.78 is 5.44. The highest BCUT2D eigenvalue weighted by Gasteiger charge is 2.31. The zero-order valence-electron chi connectivity index (χ0n) is 12.5. The number of carbonyl (C=O) groups is 1. The van der Waals surface area contributed by atoms with Crippen LogP contribution in [-0.2, 0) is 4.74 Å². The number of likely N-dealkylation sites (tertiary alicyclic amines) is 1. The van der Waals surface area contributed by atoms with Crippen molar-refractivity contribution in [3.05, 3.63) is 0 Å². The summed E-state index contributed by atoms with van der Waals surface area (Å²) in [6.07, 6.45) is 3.09. The fourth-order valence-electron chi connectivity index (χ4n) is 2.09. The van der Waals surface area contributed by atoms with Crippen molar-refractivity contribution in [1.29, 1.82) is 0 Å². The summed E-state index contributed by atoms with van der Waals surface area (Å²) >= 11 is 0. The zero-order chi connectivity index (χ0) is 13.8. The molecular formula is C14H28N2O2. The Morgan fingerprint density at radius 1 is 1.50 bits per heavy atom. The van der Waals surface area contributed by atoms with Crippen LogP contribution in [-0.4, -0.2) is 41.8 Å². The first-order valence-corrected chi connectivity index (χ1v) is 7.06. The van der Waals surface area contributed by atoms with E-state index in [0.29, 0.717) is 6.04 Å². The Bertz CT molecular complexity index is 273. The molecule has 18 heavy (non-hydrogen) atoms. The molecule has 4 heteroatoms. The van der Waals surface area contributed by atoms with E-state index in [1.807, 2.05) is 25.7 Å². The first-order valence-electron chi connectivity index (χ1n) is 7.06. The highest BCUT2D eigenvalue weighted by atomic mass is 16.6. The molecule has 1 saturated heterocycles. The molecule has 1 N–H and O–H groups in total. The van der Waals surface area contributed by atoms with E-state index in [0.717, 1.165) is 32.4 Å². The topological polar surface area (TPSA) is 41.6 Å². The maximum absolute atomic E-state index is 12.1. The van der Waals surface area contributed by atoms with Crippen molar-refractivity contribution in [3.63, 3.8) is 0 Å². The van der Waals surface area contributed by atoms with Gasteiger partial charge in [-0.25, -0.2) is 4.79 Å². The third kappa shape index (κ3) is 4.84. The number of carbonyl (C=O) groups excluding carboxylic acids is 1. The number of nitrogens with zero attached hydrogens (tertiary/aromatic N) is 1. The van der Waals surface area contributed by atoms with Crippen LogP contribution in [0.1, 0.15) is 53.9 Å². The van der Waals surface area contributed by atoms with Crippen molar-refractivity contribution < 1.29 is 9.53 Å². The number of rotatable bonds is 4. The molecule has 2 unspecified atom stereocenters. The second kappa shape index (κ2) is 6.41. The van der Waals surface area contributed by atoms with Crippen molar-refractivity contribution in [1.82, 2.24) is 10.2 Å². The number of hydrogen-bond donors (Lipinski definition) is 1. The van der Waals surface area contributed by atoms with Crippen LogP contribution in [0.4, 0.5) is 4.79 Å². The van der Waals surface area contributed by atoms with Gasteiger partial charge in [0.15, 0.2) is 0 Å². The standard InChI is InChI=1S/C14H28N2O2/c1-6-11(2)15-10-12-8-7-9-16(12)13(17)18-14(3,4)5/h11-12,15H,6-10H2,1-5H3. The maximum atomic E-state index is 12.1. The smallest absolute Gasteiger partial charge is 0.410 e. The Labute approximate surface area is 111 Å². The minimum absolute atomic E-state index is 0.170. The van der Waals surface area contributed by atoms with Gasteiger partial charge in [-0.1, -0.05) is 6.92 Å². The molecule has 0 radical (unpaired) electrons. The van der Waals surface area contributed by atoms with Gasteiger partial charge in [0.05, 0.1) is 0 Å². The molecule has 1 fully saturated rings. The molecule has 106 valence electrons. The first kappa shape index (κ1) is 15.3. The minimum atomic E-state index is -0.408. The molecule has 0 aromatic rings. The summed E-state index contributed by atoms with van der Waals surface area (Å²) in [6, 6.07) is 0.792. The van der Waals surface area contributed by atoms with Crippen molar-refractivity contribution in [2.24, 2.45) is 0 Å². The van der Waals surface area contributed by atoms with E-state index in [4.69, 9.17) is 4.74 Å². The van der Waals surface area contributed by atoms with E-state index in [1.165, 1.54) is 0 Å². The molecule has 1 rings (SSSR count). The van der Waals surface area contributed by atoms with Crippen LogP contribution < -0.4 is 5.32 Å². The zero-order valence-corrected chi connectivity index (χ0v) is 12.5. The van der Waals surface area contributed by atoms with E-state index >= 15 is 0 Å². The monoisotopic (exact) mass is 256 g/mol. The Kier molecular flexibility index (Phi) is 5.45. The molecule has 1 aliphatic heterocycles. The number of nitrogens with one attached hydrogen (secondary N) is 1. The normalized spacial score (nSPS) is 22.1. The lowest BCUT2D eigenvalue weighted by Crippen LogP contribution is -2.45. The van der Waals surface area contributed by atoms with Gasteiger partial charge in [0.1, 0.15) is 5.60 Å².